The van der Waals surface area contributed by atoms with Crippen molar-refractivity contribution < 1.29 is 27.5 Å². The van der Waals surface area contributed by atoms with Gasteiger partial charge >= 0.3 is 6.18 Å². The highest BCUT2D eigenvalue weighted by Crippen LogP contribution is 2.16. The summed E-state index contributed by atoms with van der Waals surface area (Å²) >= 11 is 0. The maximum absolute atomic E-state index is 12.0. The summed E-state index contributed by atoms with van der Waals surface area (Å²) in [5, 5.41) is 2.69. The first-order chi connectivity index (χ1) is 11.7. The van der Waals surface area contributed by atoms with Gasteiger partial charge in [0.25, 0.3) is 5.91 Å². The fourth-order valence-corrected chi connectivity index (χ4v) is 2.04. The minimum Gasteiger partial charge on any atom is -0.367 e. The van der Waals surface area contributed by atoms with Crippen LogP contribution >= 0.6 is 0 Å². The number of aromatic amines is 1. The maximum Gasteiger partial charge on any atom is 0.411 e. The van der Waals surface area contributed by atoms with Gasteiger partial charge in [-0.25, -0.2) is 0 Å². The van der Waals surface area contributed by atoms with Crippen LogP contribution in [0.1, 0.15) is 38.9 Å². The molecule has 0 spiro atoms. The Morgan fingerprint density at radius 2 is 1.80 bits per heavy atom. The van der Waals surface area contributed by atoms with Crippen LogP contribution in [0.25, 0.3) is 0 Å². The summed E-state index contributed by atoms with van der Waals surface area (Å²) < 4.78 is 40.6. The molecule has 0 saturated heterocycles. The Labute approximate surface area is 142 Å². The van der Waals surface area contributed by atoms with Gasteiger partial charge in [-0.2, -0.15) is 13.2 Å². The van der Waals surface area contributed by atoms with E-state index in [0.717, 1.165) is 5.56 Å². The zero-order valence-corrected chi connectivity index (χ0v) is 13.4. The second-order valence-electron chi connectivity index (χ2n) is 5.47. The SMILES string of the molecule is CC(=O)c1c[nH]c(C(=O)NCc2ccc(COCC(F)(F)F)cc2)c1. The molecule has 1 aromatic heterocycles. The van der Waals surface area contributed by atoms with E-state index in [1.54, 1.807) is 24.3 Å². The van der Waals surface area contributed by atoms with Crippen molar-refractivity contribution in [2.75, 3.05) is 6.61 Å². The van der Waals surface area contributed by atoms with Gasteiger partial charge in [0.15, 0.2) is 5.78 Å². The number of aromatic nitrogens is 1. The molecule has 0 fully saturated rings. The first-order valence-corrected chi connectivity index (χ1v) is 7.44. The van der Waals surface area contributed by atoms with Crippen LogP contribution in [0, 0.1) is 0 Å². The van der Waals surface area contributed by atoms with E-state index in [1.807, 2.05) is 0 Å². The normalized spacial score (nSPS) is 11.4. The van der Waals surface area contributed by atoms with Gasteiger partial charge < -0.3 is 15.0 Å². The van der Waals surface area contributed by atoms with Crippen LogP contribution in [0.3, 0.4) is 0 Å². The molecule has 8 heteroatoms. The summed E-state index contributed by atoms with van der Waals surface area (Å²) in [6.45, 7) is 0.230. The number of benzene rings is 1. The van der Waals surface area contributed by atoms with Crippen LogP contribution in [0.4, 0.5) is 13.2 Å². The number of H-pyrrole nitrogens is 1. The third-order valence-corrected chi connectivity index (χ3v) is 3.34. The number of nitrogens with one attached hydrogen (secondary N) is 2. The smallest absolute Gasteiger partial charge is 0.367 e. The topological polar surface area (TPSA) is 71.2 Å². The van der Waals surface area contributed by atoms with Crippen molar-refractivity contribution in [3.8, 4) is 0 Å². The first kappa shape index (κ1) is 18.7. The van der Waals surface area contributed by atoms with Gasteiger partial charge in [-0.1, -0.05) is 24.3 Å². The molecule has 0 aliphatic heterocycles. The zero-order chi connectivity index (χ0) is 18.4. The van der Waals surface area contributed by atoms with E-state index in [-0.39, 0.29) is 30.5 Å². The fourth-order valence-electron chi connectivity index (χ4n) is 2.04. The molecule has 134 valence electrons. The molecule has 0 unspecified atom stereocenters. The fraction of sp³-hybridized carbons (Fsp3) is 0.294. The Bertz CT molecular complexity index is 736. The van der Waals surface area contributed by atoms with Crippen molar-refractivity contribution in [2.24, 2.45) is 0 Å². The number of hydrogen-bond acceptors (Lipinski definition) is 3. The number of carbonyl (C=O) groups excluding carboxylic acids is 2. The average Bonchev–Trinajstić information content (AvgIpc) is 3.03. The van der Waals surface area contributed by atoms with E-state index in [0.29, 0.717) is 11.1 Å². The summed E-state index contributed by atoms with van der Waals surface area (Å²) in [6.07, 6.45) is -2.88. The van der Waals surface area contributed by atoms with Crippen molar-refractivity contribution >= 4 is 11.7 Å². The summed E-state index contributed by atoms with van der Waals surface area (Å²) in [5.74, 6) is -0.497. The molecular weight excluding hydrogens is 337 g/mol. The predicted octanol–water partition coefficient (Wildman–Crippen LogP) is 3.23. The van der Waals surface area contributed by atoms with Gasteiger partial charge in [0.05, 0.1) is 6.61 Å². The van der Waals surface area contributed by atoms with E-state index in [1.165, 1.54) is 19.2 Å². The van der Waals surface area contributed by atoms with Crippen LogP contribution in [0.15, 0.2) is 36.5 Å². The van der Waals surface area contributed by atoms with E-state index >= 15 is 0 Å². The third-order valence-electron chi connectivity index (χ3n) is 3.34. The molecule has 1 aromatic carbocycles. The number of alkyl halides is 3. The number of carbonyl (C=O) groups is 2. The minimum absolute atomic E-state index is 0.136. The Kier molecular flexibility index (Phi) is 5.97. The lowest BCUT2D eigenvalue weighted by Gasteiger charge is -2.08. The van der Waals surface area contributed by atoms with E-state index in [4.69, 9.17) is 0 Å². The number of Topliss-reactive ketones (excluding diaryl/α,β-unsaturated/α-hetero) is 1. The monoisotopic (exact) mass is 354 g/mol. The molecule has 5 nitrogen and oxygen atoms in total. The summed E-state index contributed by atoms with van der Waals surface area (Å²) in [5.41, 5.74) is 2.09. The predicted molar refractivity (Wildman–Crippen MR) is 84.1 cm³/mol. The number of amides is 1. The molecule has 2 aromatic rings. The number of ketones is 1. The van der Waals surface area contributed by atoms with Crippen LogP contribution in [-0.4, -0.2) is 29.5 Å². The van der Waals surface area contributed by atoms with Gasteiger partial charge in [0, 0.05) is 18.3 Å². The molecule has 0 radical (unpaired) electrons. The van der Waals surface area contributed by atoms with Crippen LogP contribution < -0.4 is 5.32 Å². The van der Waals surface area contributed by atoms with Crippen molar-refractivity contribution in [3.05, 3.63) is 58.9 Å². The lowest BCUT2D eigenvalue weighted by molar-refractivity contribution is -0.176. The molecule has 0 bridgehead atoms. The highest BCUT2D eigenvalue weighted by molar-refractivity contribution is 5.99. The van der Waals surface area contributed by atoms with Crippen molar-refractivity contribution in [3.63, 3.8) is 0 Å². The zero-order valence-electron chi connectivity index (χ0n) is 13.4. The molecule has 1 amide bonds. The largest absolute Gasteiger partial charge is 0.411 e. The van der Waals surface area contributed by atoms with Crippen molar-refractivity contribution in [1.29, 1.82) is 0 Å². The molecule has 2 N–H and O–H groups in total. The second kappa shape index (κ2) is 7.98. The highest BCUT2D eigenvalue weighted by Gasteiger charge is 2.27. The summed E-state index contributed by atoms with van der Waals surface area (Å²) in [6, 6.07) is 8.14. The Balaban J connectivity index is 1.82. The molecular formula is C17H17F3N2O3. The Morgan fingerprint density at radius 1 is 1.16 bits per heavy atom. The van der Waals surface area contributed by atoms with Crippen LogP contribution in [-0.2, 0) is 17.9 Å². The summed E-state index contributed by atoms with van der Waals surface area (Å²) in [4.78, 5) is 25.9. The number of halogens is 3. The molecule has 0 atom stereocenters. The molecule has 0 saturated carbocycles. The maximum atomic E-state index is 12.0. The number of rotatable bonds is 7. The van der Waals surface area contributed by atoms with Gasteiger partial charge in [-0.3, -0.25) is 9.59 Å². The molecule has 0 aliphatic carbocycles. The summed E-state index contributed by atoms with van der Waals surface area (Å²) in [7, 11) is 0. The second-order valence-corrected chi connectivity index (χ2v) is 5.47. The van der Waals surface area contributed by atoms with E-state index < -0.39 is 12.8 Å². The van der Waals surface area contributed by atoms with Gasteiger partial charge in [0.1, 0.15) is 12.3 Å². The molecule has 25 heavy (non-hydrogen) atoms. The lowest BCUT2D eigenvalue weighted by Crippen LogP contribution is -2.23. The van der Waals surface area contributed by atoms with Gasteiger partial charge in [-0.05, 0) is 24.1 Å². The van der Waals surface area contributed by atoms with Gasteiger partial charge in [-0.15, -0.1) is 0 Å². The average molecular weight is 354 g/mol. The quantitative estimate of drug-likeness (QED) is 0.750. The lowest BCUT2D eigenvalue weighted by atomic mass is 10.1. The molecule has 0 aliphatic rings. The minimum atomic E-state index is -4.34. The number of ether oxygens (including phenoxy) is 1. The molecule has 2 rings (SSSR count). The molecule has 1 heterocycles. The van der Waals surface area contributed by atoms with E-state index in [9.17, 15) is 22.8 Å². The van der Waals surface area contributed by atoms with Crippen molar-refractivity contribution in [2.45, 2.75) is 26.3 Å². The standard InChI is InChI=1S/C17H17F3N2O3/c1-11(23)14-6-15(21-8-14)16(24)22-7-12-2-4-13(5-3-12)9-25-10-17(18,19)20/h2-6,8,21H,7,9-10H2,1H3,(H,22,24). The van der Waals surface area contributed by atoms with Crippen LogP contribution in [0.2, 0.25) is 0 Å². The van der Waals surface area contributed by atoms with Crippen LogP contribution in [0.5, 0.6) is 0 Å². The van der Waals surface area contributed by atoms with Crippen molar-refractivity contribution in [1.82, 2.24) is 10.3 Å². The third kappa shape index (κ3) is 6.07. The highest BCUT2D eigenvalue weighted by atomic mass is 19.4. The Morgan fingerprint density at radius 3 is 2.36 bits per heavy atom. The Hall–Kier alpha value is -2.61. The number of hydrogen-bond donors (Lipinski definition) is 2. The van der Waals surface area contributed by atoms with Gasteiger partial charge in [0.2, 0.25) is 0 Å². The van der Waals surface area contributed by atoms with E-state index in [2.05, 4.69) is 15.0 Å². The first-order valence-electron chi connectivity index (χ1n) is 7.44.